The minimum Gasteiger partial charge on any atom is -0.497 e. The Morgan fingerprint density at radius 3 is 2.71 bits per heavy atom. The Morgan fingerprint density at radius 1 is 1.38 bits per heavy atom. The van der Waals surface area contributed by atoms with Crippen molar-refractivity contribution in [1.82, 2.24) is 0 Å². The van der Waals surface area contributed by atoms with Gasteiger partial charge in [-0.25, -0.2) is 4.79 Å². The van der Waals surface area contributed by atoms with Crippen LogP contribution in [0.3, 0.4) is 0 Å². The summed E-state index contributed by atoms with van der Waals surface area (Å²) in [5.41, 5.74) is 0.315. The van der Waals surface area contributed by atoms with Gasteiger partial charge in [0.05, 0.1) is 18.4 Å². The molecule has 0 unspecified atom stereocenters. The van der Waals surface area contributed by atoms with E-state index in [9.17, 15) is 14.7 Å². The number of anilines is 1. The van der Waals surface area contributed by atoms with Gasteiger partial charge in [-0.2, -0.15) is 0 Å². The lowest BCUT2D eigenvalue weighted by Gasteiger charge is -2.21. The van der Waals surface area contributed by atoms with Crippen LogP contribution in [0.1, 0.15) is 29.6 Å². The largest absolute Gasteiger partial charge is 0.497 e. The van der Waals surface area contributed by atoms with Crippen LogP contribution in [0, 0.1) is 5.92 Å². The van der Waals surface area contributed by atoms with Crippen LogP contribution in [0.2, 0.25) is 0 Å². The highest BCUT2D eigenvalue weighted by Crippen LogP contribution is 2.24. The molecular weight excluding hydrogens is 274 g/mol. The fourth-order valence-corrected chi connectivity index (χ4v) is 2.35. The predicted molar refractivity (Wildman–Crippen MR) is 76.7 cm³/mol. The second-order valence-corrected chi connectivity index (χ2v) is 5.02. The van der Waals surface area contributed by atoms with Crippen molar-refractivity contribution in [2.24, 2.45) is 5.92 Å². The molecule has 0 atom stereocenters. The van der Waals surface area contributed by atoms with E-state index in [0.717, 1.165) is 12.8 Å². The summed E-state index contributed by atoms with van der Waals surface area (Å²) in [6.07, 6.45) is 2.11. The van der Waals surface area contributed by atoms with Gasteiger partial charge in [-0.1, -0.05) is 0 Å². The van der Waals surface area contributed by atoms with Crippen LogP contribution in [-0.2, 0) is 9.53 Å². The molecule has 1 aliphatic rings. The zero-order valence-electron chi connectivity index (χ0n) is 11.9. The molecule has 6 nitrogen and oxygen atoms in total. The number of aromatic carboxylic acids is 1. The molecule has 1 aromatic rings. The minimum atomic E-state index is -1.10. The number of methoxy groups -OCH3 is 1. The van der Waals surface area contributed by atoms with Crippen LogP contribution in [0.4, 0.5) is 5.69 Å². The monoisotopic (exact) mass is 293 g/mol. The van der Waals surface area contributed by atoms with E-state index in [1.807, 2.05) is 0 Å². The molecule has 0 aliphatic carbocycles. The number of carbonyl (C=O) groups is 2. The van der Waals surface area contributed by atoms with Crippen molar-refractivity contribution in [2.45, 2.75) is 19.3 Å². The number of benzene rings is 1. The normalized spacial score (nSPS) is 15.5. The van der Waals surface area contributed by atoms with Gasteiger partial charge in [-0.15, -0.1) is 0 Å². The maximum Gasteiger partial charge on any atom is 0.337 e. The summed E-state index contributed by atoms with van der Waals surface area (Å²) in [6, 6.07) is 4.56. The van der Waals surface area contributed by atoms with Crippen LogP contribution in [-0.4, -0.2) is 37.3 Å². The minimum absolute atomic E-state index is 0.0228. The second-order valence-electron chi connectivity index (χ2n) is 5.02. The van der Waals surface area contributed by atoms with Gasteiger partial charge in [0.15, 0.2) is 0 Å². The van der Waals surface area contributed by atoms with Gasteiger partial charge in [-0.05, 0) is 37.0 Å². The van der Waals surface area contributed by atoms with E-state index in [1.165, 1.54) is 13.2 Å². The molecule has 0 aromatic heterocycles. The molecule has 1 saturated heterocycles. The Morgan fingerprint density at radius 2 is 2.10 bits per heavy atom. The predicted octanol–water partition coefficient (Wildman–Crippen LogP) is 2.15. The van der Waals surface area contributed by atoms with Crippen molar-refractivity contribution in [2.75, 3.05) is 25.6 Å². The van der Waals surface area contributed by atoms with Crippen molar-refractivity contribution >= 4 is 17.6 Å². The number of ether oxygens (including phenoxy) is 2. The van der Waals surface area contributed by atoms with Gasteiger partial charge < -0.3 is 19.9 Å². The van der Waals surface area contributed by atoms with Gasteiger partial charge in [0.25, 0.3) is 0 Å². The summed E-state index contributed by atoms with van der Waals surface area (Å²) in [4.78, 5) is 23.3. The number of carboxylic acid groups (broad SMARTS) is 1. The molecule has 6 heteroatoms. The molecular formula is C15H19NO5. The van der Waals surface area contributed by atoms with E-state index in [2.05, 4.69) is 5.32 Å². The Hall–Kier alpha value is -2.08. The van der Waals surface area contributed by atoms with Crippen LogP contribution in [0.15, 0.2) is 18.2 Å². The third kappa shape index (κ3) is 4.19. The molecule has 1 aromatic carbocycles. The smallest absolute Gasteiger partial charge is 0.337 e. The van der Waals surface area contributed by atoms with Gasteiger partial charge in [-0.3, -0.25) is 4.79 Å². The number of carboxylic acids is 1. The topological polar surface area (TPSA) is 84.9 Å². The fourth-order valence-electron chi connectivity index (χ4n) is 2.35. The molecule has 0 bridgehead atoms. The second kappa shape index (κ2) is 7.08. The molecule has 0 radical (unpaired) electrons. The van der Waals surface area contributed by atoms with Crippen molar-refractivity contribution in [3.05, 3.63) is 23.8 Å². The average Bonchev–Trinajstić information content (AvgIpc) is 2.48. The molecule has 2 N–H and O–H groups in total. The molecule has 2 rings (SSSR count). The number of rotatable bonds is 5. The SMILES string of the molecule is COc1ccc(NC(=O)CC2CCOCC2)c(C(=O)O)c1. The first-order valence-electron chi connectivity index (χ1n) is 6.89. The summed E-state index contributed by atoms with van der Waals surface area (Å²) < 4.78 is 10.2. The van der Waals surface area contributed by atoms with Gasteiger partial charge in [0.2, 0.25) is 5.91 Å². The lowest BCUT2D eigenvalue weighted by Crippen LogP contribution is -2.22. The fraction of sp³-hybridized carbons (Fsp3) is 0.467. The van der Waals surface area contributed by atoms with E-state index in [1.54, 1.807) is 12.1 Å². The summed E-state index contributed by atoms with van der Waals surface area (Å²) >= 11 is 0. The van der Waals surface area contributed by atoms with Crippen LogP contribution < -0.4 is 10.1 Å². The Balaban J connectivity index is 2.04. The van der Waals surface area contributed by atoms with Crippen LogP contribution in [0.5, 0.6) is 5.75 Å². The summed E-state index contributed by atoms with van der Waals surface area (Å²) in [5.74, 6) is -0.537. The molecule has 0 saturated carbocycles. The highest BCUT2D eigenvalue weighted by molar-refractivity contribution is 6.00. The number of amides is 1. The Bertz CT molecular complexity index is 523. The lowest BCUT2D eigenvalue weighted by molar-refractivity contribution is -0.117. The molecule has 0 spiro atoms. The molecule has 1 heterocycles. The molecule has 114 valence electrons. The van der Waals surface area contributed by atoms with E-state index in [-0.39, 0.29) is 11.5 Å². The van der Waals surface area contributed by atoms with Crippen molar-refractivity contribution in [3.63, 3.8) is 0 Å². The first-order chi connectivity index (χ1) is 10.1. The van der Waals surface area contributed by atoms with E-state index in [0.29, 0.717) is 37.0 Å². The van der Waals surface area contributed by atoms with E-state index in [4.69, 9.17) is 9.47 Å². The molecule has 1 fully saturated rings. The van der Waals surface area contributed by atoms with Gasteiger partial charge in [0.1, 0.15) is 5.75 Å². The highest BCUT2D eigenvalue weighted by atomic mass is 16.5. The molecule has 21 heavy (non-hydrogen) atoms. The summed E-state index contributed by atoms with van der Waals surface area (Å²) in [7, 11) is 1.46. The zero-order chi connectivity index (χ0) is 15.2. The first-order valence-corrected chi connectivity index (χ1v) is 6.89. The summed E-state index contributed by atoms with van der Waals surface area (Å²) in [6.45, 7) is 1.36. The quantitative estimate of drug-likeness (QED) is 0.869. The number of nitrogens with one attached hydrogen (secondary N) is 1. The van der Waals surface area contributed by atoms with Gasteiger partial charge in [0, 0.05) is 19.6 Å². The number of hydrogen-bond donors (Lipinski definition) is 2. The molecule has 1 amide bonds. The lowest BCUT2D eigenvalue weighted by atomic mass is 9.96. The standard InChI is InChI=1S/C15H19NO5/c1-20-11-2-3-13(12(9-11)15(18)19)16-14(17)8-10-4-6-21-7-5-10/h2-3,9-10H,4-8H2,1H3,(H,16,17)(H,18,19). The number of carbonyl (C=O) groups excluding carboxylic acids is 1. The number of hydrogen-bond acceptors (Lipinski definition) is 4. The summed E-state index contributed by atoms with van der Waals surface area (Å²) in [5, 5.41) is 11.9. The van der Waals surface area contributed by atoms with Crippen molar-refractivity contribution < 1.29 is 24.2 Å². The first kappa shape index (κ1) is 15.3. The third-order valence-corrected chi connectivity index (χ3v) is 3.55. The van der Waals surface area contributed by atoms with E-state index >= 15 is 0 Å². The average molecular weight is 293 g/mol. The highest BCUT2D eigenvalue weighted by Gasteiger charge is 2.19. The van der Waals surface area contributed by atoms with Crippen molar-refractivity contribution in [3.8, 4) is 5.75 Å². The van der Waals surface area contributed by atoms with Crippen LogP contribution >= 0.6 is 0 Å². The van der Waals surface area contributed by atoms with Gasteiger partial charge >= 0.3 is 5.97 Å². The molecule has 1 aliphatic heterocycles. The zero-order valence-corrected chi connectivity index (χ0v) is 11.9. The van der Waals surface area contributed by atoms with E-state index < -0.39 is 5.97 Å². The third-order valence-electron chi connectivity index (χ3n) is 3.55. The van der Waals surface area contributed by atoms with Crippen LogP contribution in [0.25, 0.3) is 0 Å². The maximum atomic E-state index is 12.0. The van der Waals surface area contributed by atoms with Crippen molar-refractivity contribution in [1.29, 1.82) is 0 Å². The maximum absolute atomic E-state index is 12.0. The Labute approximate surface area is 123 Å². The Kier molecular flexibility index (Phi) is 5.16.